The molecule has 8 heteroatoms. The predicted molar refractivity (Wildman–Crippen MR) is 101 cm³/mol. The molecule has 0 N–H and O–H groups in total. The molecule has 2 fully saturated rings. The molecule has 8 nitrogen and oxygen atoms in total. The number of rotatable bonds is 6. The van der Waals surface area contributed by atoms with E-state index in [0.29, 0.717) is 12.6 Å². The van der Waals surface area contributed by atoms with E-state index < -0.39 is 0 Å². The molecule has 1 aliphatic heterocycles. The fourth-order valence-electron chi connectivity index (χ4n) is 4.24. The van der Waals surface area contributed by atoms with E-state index in [1.54, 1.807) is 10.7 Å². The van der Waals surface area contributed by atoms with Crippen LogP contribution in [0, 0.1) is 0 Å². The molecule has 0 atom stereocenters. The van der Waals surface area contributed by atoms with Crippen LogP contribution in [0.1, 0.15) is 42.4 Å². The molecule has 0 spiro atoms. The van der Waals surface area contributed by atoms with Crippen LogP contribution in [0.15, 0.2) is 17.2 Å². The Morgan fingerprint density at radius 3 is 2.67 bits per heavy atom. The van der Waals surface area contributed by atoms with Gasteiger partial charge in [-0.05, 0) is 37.7 Å². The summed E-state index contributed by atoms with van der Waals surface area (Å²) in [5, 5.41) is 13.0. The van der Waals surface area contributed by atoms with Crippen molar-refractivity contribution in [1.82, 2.24) is 34.3 Å². The summed E-state index contributed by atoms with van der Waals surface area (Å²) in [7, 11) is 0. The molecule has 2 aliphatic carbocycles. The van der Waals surface area contributed by atoms with E-state index >= 15 is 0 Å². The van der Waals surface area contributed by atoms with Crippen LogP contribution < -0.4 is 5.56 Å². The lowest BCUT2D eigenvalue weighted by Gasteiger charge is -2.34. The average Bonchev–Trinajstić information content (AvgIpc) is 3.25. The predicted octanol–water partition coefficient (Wildman–Crippen LogP) is 0.476. The maximum Gasteiger partial charge on any atom is 0.267 e. The van der Waals surface area contributed by atoms with E-state index in [0.717, 1.165) is 75.6 Å². The van der Waals surface area contributed by atoms with Gasteiger partial charge in [-0.25, -0.2) is 4.68 Å². The first-order chi connectivity index (χ1) is 13.3. The second-order valence-electron chi connectivity index (χ2n) is 8.03. The Morgan fingerprint density at radius 1 is 1.04 bits per heavy atom. The summed E-state index contributed by atoms with van der Waals surface area (Å²) in [4.78, 5) is 17.1. The van der Waals surface area contributed by atoms with Gasteiger partial charge in [0.25, 0.3) is 5.56 Å². The molecule has 1 saturated carbocycles. The Hall–Kier alpha value is -2.06. The minimum Gasteiger partial charge on any atom is -0.313 e. The minimum atomic E-state index is 0.0497. The molecule has 3 aliphatic rings. The van der Waals surface area contributed by atoms with Crippen LogP contribution in [0.3, 0.4) is 0 Å². The van der Waals surface area contributed by atoms with Crippen LogP contribution in [0.25, 0.3) is 0 Å². The topological polar surface area (TPSA) is 72.1 Å². The van der Waals surface area contributed by atoms with Crippen LogP contribution in [0.5, 0.6) is 0 Å². The third-order valence-electron chi connectivity index (χ3n) is 6.07. The molecule has 1 saturated heterocycles. The number of fused-ring (bicyclic) bond motifs is 1. The fourth-order valence-corrected chi connectivity index (χ4v) is 4.24. The lowest BCUT2D eigenvalue weighted by atomic mass is 10.2. The Morgan fingerprint density at radius 2 is 1.85 bits per heavy atom. The van der Waals surface area contributed by atoms with Gasteiger partial charge in [0, 0.05) is 44.8 Å². The van der Waals surface area contributed by atoms with Crippen molar-refractivity contribution >= 4 is 0 Å². The molecule has 5 rings (SSSR count). The Kier molecular flexibility index (Phi) is 4.53. The summed E-state index contributed by atoms with van der Waals surface area (Å²) in [6, 6.07) is 2.43. The molecule has 2 aromatic heterocycles. The molecule has 3 heterocycles. The van der Waals surface area contributed by atoms with Crippen molar-refractivity contribution in [3.63, 3.8) is 0 Å². The van der Waals surface area contributed by atoms with Gasteiger partial charge >= 0.3 is 0 Å². The first-order valence-corrected chi connectivity index (χ1v) is 10.2. The number of hydrogen-bond acceptors (Lipinski definition) is 6. The van der Waals surface area contributed by atoms with Crippen molar-refractivity contribution in [3.8, 4) is 0 Å². The van der Waals surface area contributed by atoms with Gasteiger partial charge in [-0.2, -0.15) is 5.10 Å². The van der Waals surface area contributed by atoms with Gasteiger partial charge < -0.3 is 4.57 Å². The second-order valence-corrected chi connectivity index (χ2v) is 8.03. The first kappa shape index (κ1) is 17.1. The molecule has 2 aromatic rings. The Bertz CT molecular complexity index is 861. The largest absolute Gasteiger partial charge is 0.313 e. The van der Waals surface area contributed by atoms with Crippen molar-refractivity contribution < 1.29 is 0 Å². The number of nitrogens with zero attached hydrogens (tertiary/aromatic N) is 7. The van der Waals surface area contributed by atoms with Crippen molar-refractivity contribution in [2.24, 2.45) is 0 Å². The molecule has 0 aromatic carbocycles. The molecular weight excluding hydrogens is 342 g/mol. The first-order valence-electron chi connectivity index (χ1n) is 10.2. The summed E-state index contributed by atoms with van der Waals surface area (Å²) in [5.41, 5.74) is 2.33. The SMILES string of the molecule is O=c1cc2c(nn1CCN1CCN(Cc3nncn3C3CC3)CC1)CCC2. The molecular formula is C19H27N7O. The zero-order valence-electron chi connectivity index (χ0n) is 15.8. The number of aromatic nitrogens is 5. The molecule has 0 bridgehead atoms. The zero-order chi connectivity index (χ0) is 18.2. The Labute approximate surface area is 158 Å². The highest BCUT2D eigenvalue weighted by atomic mass is 16.1. The van der Waals surface area contributed by atoms with Crippen molar-refractivity contribution in [1.29, 1.82) is 0 Å². The number of piperazine rings is 1. The highest BCUT2D eigenvalue weighted by Crippen LogP contribution is 2.35. The van der Waals surface area contributed by atoms with Crippen LogP contribution >= 0.6 is 0 Å². The highest BCUT2D eigenvalue weighted by molar-refractivity contribution is 5.22. The van der Waals surface area contributed by atoms with Gasteiger partial charge in [0.2, 0.25) is 0 Å². The lowest BCUT2D eigenvalue weighted by molar-refractivity contribution is 0.119. The van der Waals surface area contributed by atoms with Gasteiger partial charge in [-0.3, -0.25) is 14.6 Å². The summed E-state index contributed by atoms with van der Waals surface area (Å²) in [5.74, 6) is 1.10. The van der Waals surface area contributed by atoms with Crippen LogP contribution in [-0.2, 0) is 25.9 Å². The lowest BCUT2D eigenvalue weighted by Crippen LogP contribution is -2.47. The number of aryl methyl sites for hydroxylation is 2. The third kappa shape index (κ3) is 3.68. The van der Waals surface area contributed by atoms with E-state index in [1.165, 1.54) is 12.8 Å². The monoisotopic (exact) mass is 369 g/mol. The second kappa shape index (κ2) is 7.16. The van der Waals surface area contributed by atoms with Crippen LogP contribution in [0.2, 0.25) is 0 Å². The van der Waals surface area contributed by atoms with Gasteiger partial charge in [0.1, 0.15) is 12.2 Å². The van der Waals surface area contributed by atoms with Crippen LogP contribution in [-0.4, -0.2) is 67.1 Å². The smallest absolute Gasteiger partial charge is 0.267 e. The standard InChI is InChI=1S/C19H27N7O/c27-19-12-15-2-1-3-17(15)22-26(19)11-10-23-6-8-24(9-7-23)13-18-21-20-14-25(18)16-4-5-16/h12,14,16H,1-11,13H2. The molecule has 144 valence electrons. The van der Waals surface area contributed by atoms with Gasteiger partial charge in [0.05, 0.1) is 18.8 Å². The molecule has 0 amide bonds. The normalized spacial score (nSPS) is 20.9. The van der Waals surface area contributed by atoms with Crippen molar-refractivity contribution in [2.45, 2.75) is 51.2 Å². The molecule has 27 heavy (non-hydrogen) atoms. The van der Waals surface area contributed by atoms with Gasteiger partial charge in [0.15, 0.2) is 0 Å². The maximum atomic E-state index is 12.2. The van der Waals surface area contributed by atoms with E-state index in [2.05, 4.69) is 29.7 Å². The zero-order valence-corrected chi connectivity index (χ0v) is 15.8. The third-order valence-corrected chi connectivity index (χ3v) is 6.07. The maximum absolute atomic E-state index is 12.2. The highest BCUT2D eigenvalue weighted by Gasteiger charge is 2.27. The summed E-state index contributed by atoms with van der Waals surface area (Å²) in [6.07, 6.45) is 7.55. The van der Waals surface area contributed by atoms with Crippen molar-refractivity contribution in [3.05, 3.63) is 39.8 Å². The minimum absolute atomic E-state index is 0.0497. The number of hydrogen-bond donors (Lipinski definition) is 0. The van der Waals surface area contributed by atoms with E-state index in [9.17, 15) is 4.79 Å². The average molecular weight is 369 g/mol. The molecule has 0 unspecified atom stereocenters. The fraction of sp³-hybridized carbons (Fsp3) is 0.684. The van der Waals surface area contributed by atoms with Gasteiger partial charge in [-0.15, -0.1) is 10.2 Å². The molecule has 0 radical (unpaired) electrons. The van der Waals surface area contributed by atoms with Crippen molar-refractivity contribution in [2.75, 3.05) is 32.7 Å². The Balaban J connectivity index is 1.12. The van der Waals surface area contributed by atoms with E-state index in [1.807, 2.05) is 6.33 Å². The summed E-state index contributed by atoms with van der Waals surface area (Å²) < 4.78 is 3.91. The van der Waals surface area contributed by atoms with Crippen LogP contribution in [0.4, 0.5) is 0 Å². The van der Waals surface area contributed by atoms with E-state index in [-0.39, 0.29) is 5.56 Å². The van der Waals surface area contributed by atoms with Gasteiger partial charge in [-0.1, -0.05) is 0 Å². The summed E-state index contributed by atoms with van der Waals surface area (Å²) in [6.45, 7) is 6.57. The quantitative estimate of drug-likeness (QED) is 0.737. The van der Waals surface area contributed by atoms with E-state index in [4.69, 9.17) is 0 Å². The summed E-state index contributed by atoms with van der Waals surface area (Å²) >= 11 is 0.